The number of fused-ring (bicyclic) bond motifs is 1. The first kappa shape index (κ1) is 18.0. The lowest BCUT2D eigenvalue weighted by Gasteiger charge is -2.24. The van der Waals surface area contributed by atoms with Crippen LogP contribution in [0.4, 0.5) is 16.2 Å². The minimum Gasteiger partial charge on any atom is -0.444 e. The first-order chi connectivity index (χ1) is 11.7. The fourth-order valence-corrected chi connectivity index (χ4v) is 3.41. The number of hydrogen-bond donors (Lipinski definition) is 2. The van der Waals surface area contributed by atoms with Crippen LogP contribution in [0.3, 0.4) is 0 Å². The normalized spacial score (nSPS) is 17.8. The Morgan fingerprint density at radius 3 is 2.92 bits per heavy atom. The zero-order chi connectivity index (χ0) is 18.2. The minimum absolute atomic E-state index is 0.137. The van der Waals surface area contributed by atoms with E-state index in [-0.39, 0.29) is 12.1 Å². The third-order valence-electron chi connectivity index (χ3n) is 4.05. The zero-order valence-corrected chi connectivity index (χ0v) is 16.8. The van der Waals surface area contributed by atoms with Gasteiger partial charge in [-0.1, -0.05) is 0 Å². The highest BCUT2D eigenvalue weighted by Gasteiger charge is 2.30. The van der Waals surface area contributed by atoms with Crippen molar-refractivity contribution in [2.24, 2.45) is 0 Å². The molecule has 134 valence electrons. The van der Waals surface area contributed by atoms with Crippen molar-refractivity contribution in [3.63, 3.8) is 0 Å². The van der Waals surface area contributed by atoms with Crippen LogP contribution in [0, 0.1) is 3.57 Å². The first-order valence-corrected chi connectivity index (χ1v) is 9.39. The number of nitrogens with one attached hydrogen (secondary N) is 1. The van der Waals surface area contributed by atoms with Gasteiger partial charge >= 0.3 is 6.09 Å². The SMILES string of the molecule is CC(C)(C)OC(=O)N1CC[C@H](Nc2c(N)cnc3ccc(I)cc23)C1. The Bertz CT molecular complexity index is 798. The maximum absolute atomic E-state index is 12.2. The number of likely N-dealkylation sites (tertiary alicyclic amines) is 1. The van der Waals surface area contributed by atoms with E-state index in [1.54, 1.807) is 11.1 Å². The Balaban J connectivity index is 1.76. The fraction of sp³-hybridized carbons (Fsp3) is 0.444. The molecular weight excluding hydrogens is 431 g/mol. The van der Waals surface area contributed by atoms with Crippen molar-refractivity contribution in [1.82, 2.24) is 9.88 Å². The van der Waals surface area contributed by atoms with Gasteiger partial charge in [0.05, 0.1) is 23.1 Å². The Morgan fingerprint density at radius 2 is 2.20 bits per heavy atom. The maximum atomic E-state index is 12.2. The van der Waals surface area contributed by atoms with Crippen molar-refractivity contribution in [2.45, 2.75) is 38.8 Å². The highest BCUT2D eigenvalue weighted by atomic mass is 127. The van der Waals surface area contributed by atoms with Gasteiger partial charge in [-0.3, -0.25) is 4.98 Å². The van der Waals surface area contributed by atoms with Crippen molar-refractivity contribution in [3.8, 4) is 0 Å². The number of anilines is 2. The summed E-state index contributed by atoms with van der Waals surface area (Å²) in [7, 11) is 0. The van der Waals surface area contributed by atoms with Gasteiger partial charge in [-0.2, -0.15) is 0 Å². The quantitative estimate of drug-likeness (QED) is 0.675. The third-order valence-corrected chi connectivity index (χ3v) is 4.72. The van der Waals surface area contributed by atoms with Crippen molar-refractivity contribution in [3.05, 3.63) is 28.0 Å². The fourth-order valence-electron chi connectivity index (χ4n) is 2.92. The van der Waals surface area contributed by atoms with Gasteiger partial charge in [0.25, 0.3) is 0 Å². The van der Waals surface area contributed by atoms with E-state index in [1.165, 1.54) is 0 Å². The number of rotatable bonds is 2. The van der Waals surface area contributed by atoms with Crippen molar-refractivity contribution >= 4 is 51.0 Å². The summed E-state index contributed by atoms with van der Waals surface area (Å²) in [5.74, 6) is 0. The molecule has 3 N–H and O–H groups in total. The van der Waals surface area contributed by atoms with Gasteiger partial charge < -0.3 is 20.7 Å². The van der Waals surface area contributed by atoms with Gasteiger partial charge in [-0.25, -0.2) is 4.79 Å². The molecule has 1 aromatic carbocycles. The van der Waals surface area contributed by atoms with Gasteiger partial charge in [0, 0.05) is 28.1 Å². The van der Waals surface area contributed by atoms with Crippen LogP contribution in [-0.4, -0.2) is 40.7 Å². The molecule has 0 spiro atoms. The van der Waals surface area contributed by atoms with Gasteiger partial charge in [-0.05, 0) is 68.0 Å². The van der Waals surface area contributed by atoms with Crippen LogP contribution < -0.4 is 11.1 Å². The number of nitrogen functional groups attached to an aromatic ring is 1. The number of halogens is 1. The molecule has 0 unspecified atom stereocenters. The van der Waals surface area contributed by atoms with Crippen LogP contribution in [0.5, 0.6) is 0 Å². The molecular formula is C18H23IN4O2. The summed E-state index contributed by atoms with van der Waals surface area (Å²) < 4.78 is 6.58. The summed E-state index contributed by atoms with van der Waals surface area (Å²) >= 11 is 2.28. The van der Waals surface area contributed by atoms with Gasteiger partial charge in [0.1, 0.15) is 5.60 Å². The minimum atomic E-state index is -0.481. The number of carbonyl (C=O) groups is 1. The number of carbonyl (C=O) groups excluding carboxylic acids is 1. The van der Waals surface area contributed by atoms with Crippen molar-refractivity contribution in [2.75, 3.05) is 24.1 Å². The Morgan fingerprint density at radius 1 is 1.44 bits per heavy atom. The number of aromatic nitrogens is 1. The second kappa shape index (κ2) is 6.86. The predicted octanol–water partition coefficient (Wildman–Crippen LogP) is 3.84. The summed E-state index contributed by atoms with van der Waals surface area (Å²) in [5.41, 5.74) is 8.09. The van der Waals surface area contributed by atoms with Gasteiger partial charge in [0.15, 0.2) is 0 Å². The average Bonchev–Trinajstić information content (AvgIpc) is 2.97. The molecule has 25 heavy (non-hydrogen) atoms. The molecule has 2 aromatic rings. The number of nitrogens with two attached hydrogens (primary N) is 1. The molecule has 2 heterocycles. The van der Waals surface area contributed by atoms with E-state index in [1.807, 2.05) is 32.9 Å². The molecule has 6 nitrogen and oxygen atoms in total. The molecule has 3 rings (SSSR count). The monoisotopic (exact) mass is 454 g/mol. The lowest BCUT2D eigenvalue weighted by atomic mass is 10.1. The van der Waals surface area contributed by atoms with E-state index in [0.29, 0.717) is 18.8 Å². The molecule has 1 atom stereocenters. The van der Waals surface area contributed by atoms with Crippen molar-refractivity contribution < 1.29 is 9.53 Å². The Hall–Kier alpha value is -1.77. The number of pyridine rings is 1. The molecule has 1 amide bonds. The second-order valence-electron chi connectivity index (χ2n) is 7.31. The van der Waals surface area contributed by atoms with E-state index in [4.69, 9.17) is 10.5 Å². The van der Waals surface area contributed by atoms with E-state index in [9.17, 15) is 4.79 Å². The van der Waals surface area contributed by atoms with Crippen LogP contribution in [0.15, 0.2) is 24.4 Å². The molecule has 7 heteroatoms. The number of amides is 1. The lowest BCUT2D eigenvalue weighted by molar-refractivity contribution is 0.0293. The number of nitrogens with zero attached hydrogens (tertiary/aromatic N) is 2. The maximum Gasteiger partial charge on any atom is 0.410 e. The summed E-state index contributed by atoms with van der Waals surface area (Å²) in [6.07, 6.45) is 2.27. The van der Waals surface area contributed by atoms with E-state index in [2.05, 4.69) is 39.0 Å². The molecule has 1 aliphatic heterocycles. The molecule has 0 bridgehead atoms. The number of benzene rings is 1. The van der Waals surface area contributed by atoms with Crippen LogP contribution in [0.2, 0.25) is 0 Å². The number of hydrogen-bond acceptors (Lipinski definition) is 5. The molecule has 0 radical (unpaired) electrons. The third kappa shape index (κ3) is 4.26. The lowest BCUT2D eigenvalue weighted by Crippen LogP contribution is -2.36. The number of ether oxygens (including phenoxy) is 1. The molecule has 0 saturated carbocycles. The summed E-state index contributed by atoms with van der Waals surface area (Å²) in [5, 5.41) is 4.51. The largest absolute Gasteiger partial charge is 0.444 e. The van der Waals surface area contributed by atoms with Gasteiger partial charge in [0.2, 0.25) is 0 Å². The highest BCUT2D eigenvalue weighted by molar-refractivity contribution is 14.1. The topological polar surface area (TPSA) is 80.5 Å². The van der Waals surface area contributed by atoms with Crippen LogP contribution in [0.25, 0.3) is 10.9 Å². The Labute approximate surface area is 161 Å². The van der Waals surface area contributed by atoms with E-state index in [0.717, 1.165) is 26.6 Å². The van der Waals surface area contributed by atoms with Gasteiger partial charge in [-0.15, -0.1) is 0 Å². The molecule has 1 aliphatic rings. The molecule has 1 saturated heterocycles. The van der Waals surface area contributed by atoms with Crippen LogP contribution >= 0.6 is 22.6 Å². The highest BCUT2D eigenvalue weighted by Crippen LogP contribution is 2.31. The van der Waals surface area contributed by atoms with E-state index >= 15 is 0 Å². The summed E-state index contributed by atoms with van der Waals surface area (Å²) in [6.45, 7) is 6.90. The van der Waals surface area contributed by atoms with Crippen LogP contribution in [-0.2, 0) is 4.74 Å². The summed E-state index contributed by atoms with van der Waals surface area (Å²) in [6, 6.07) is 6.22. The second-order valence-corrected chi connectivity index (χ2v) is 8.55. The predicted molar refractivity (Wildman–Crippen MR) is 109 cm³/mol. The summed E-state index contributed by atoms with van der Waals surface area (Å²) in [4.78, 5) is 18.4. The first-order valence-electron chi connectivity index (χ1n) is 8.31. The van der Waals surface area contributed by atoms with E-state index < -0.39 is 5.60 Å². The molecule has 1 aromatic heterocycles. The molecule has 1 fully saturated rings. The average molecular weight is 454 g/mol. The zero-order valence-electron chi connectivity index (χ0n) is 14.7. The molecule has 0 aliphatic carbocycles. The standard InChI is InChI=1S/C18H23IN4O2/c1-18(2,3)25-17(24)23-7-6-12(10-23)22-16-13-8-11(19)4-5-15(13)21-9-14(16)20/h4-5,8-9,12H,6-7,10,20H2,1-3H3,(H,21,22)/t12-/m0/s1. The smallest absolute Gasteiger partial charge is 0.410 e. The van der Waals surface area contributed by atoms with Crippen LogP contribution in [0.1, 0.15) is 27.2 Å². The Kier molecular flexibility index (Phi) is 4.95. The van der Waals surface area contributed by atoms with Crippen molar-refractivity contribution in [1.29, 1.82) is 0 Å².